The number of ether oxygens (including phenoxy) is 1. The van der Waals surface area contributed by atoms with Gasteiger partial charge in [-0.15, -0.1) is 10.2 Å². The Morgan fingerprint density at radius 2 is 1.98 bits per heavy atom. The molecule has 11 nitrogen and oxygen atoms in total. The van der Waals surface area contributed by atoms with E-state index in [2.05, 4.69) is 38.8 Å². The zero-order chi connectivity index (χ0) is 29.6. The number of hydrogen-bond donors (Lipinski definition) is 1. The summed E-state index contributed by atoms with van der Waals surface area (Å²) in [6.45, 7) is 11.5. The Morgan fingerprint density at radius 1 is 1.14 bits per heavy atom. The third-order valence-electron chi connectivity index (χ3n) is 8.41. The maximum absolute atomic E-state index is 13.9. The number of amides is 2. The molecular weight excluding hydrogens is 532 g/mol. The van der Waals surface area contributed by atoms with Crippen molar-refractivity contribution in [3.05, 3.63) is 46.9 Å². The van der Waals surface area contributed by atoms with Crippen molar-refractivity contribution in [1.29, 1.82) is 0 Å². The molecule has 1 saturated heterocycles. The highest BCUT2D eigenvalue weighted by Crippen LogP contribution is 2.36. The Balaban J connectivity index is 1.29. The highest BCUT2D eigenvalue weighted by atomic mass is 16.6. The molecule has 1 fully saturated rings. The predicted molar refractivity (Wildman–Crippen MR) is 160 cm³/mol. The van der Waals surface area contributed by atoms with E-state index in [0.29, 0.717) is 48.7 Å². The van der Waals surface area contributed by atoms with E-state index in [-0.39, 0.29) is 5.91 Å². The minimum atomic E-state index is -0.576. The van der Waals surface area contributed by atoms with Crippen LogP contribution in [-0.4, -0.2) is 61.5 Å². The van der Waals surface area contributed by atoms with E-state index in [1.807, 2.05) is 45.0 Å². The van der Waals surface area contributed by atoms with Gasteiger partial charge in [0.2, 0.25) is 0 Å². The summed E-state index contributed by atoms with van der Waals surface area (Å²) < 4.78 is 7.61. The van der Waals surface area contributed by atoms with Gasteiger partial charge in [0, 0.05) is 43.6 Å². The van der Waals surface area contributed by atoms with Gasteiger partial charge in [-0.25, -0.2) is 14.8 Å². The van der Waals surface area contributed by atoms with Crippen LogP contribution in [0, 0.1) is 0 Å². The van der Waals surface area contributed by atoms with Crippen LogP contribution in [0.3, 0.4) is 0 Å². The molecule has 0 spiro atoms. The molecule has 3 aliphatic rings. The number of nitrogens with one attached hydrogen (secondary N) is 1. The van der Waals surface area contributed by atoms with Crippen molar-refractivity contribution >= 4 is 23.6 Å². The Bertz CT molecular complexity index is 1510. The summed E-state index contributed by atoms with van der Waals surface area (Å²) in [6.07, 6.45) is 5.19. The molecule has 222 valence electrons. The lowest BCUT2D eigenvalue weighted by Crippen LogP contribution is -2.34. The van der Waals surface area contributed by atoms with Crippen LogP contribution in [0.1, 0.15) is 93.8 Å². The zero-order valence-corrected chi connectivity index (χ0v) is 25.2. The molecule has 0 unspecified atom stereocenters. The Kier molecular flexibility index (Phi) is 7.36. The van der Waals surface area contributed by atoms with Crippen LogP contribution in [-0.2, 0) is 24.1 Å². The van der Waals surface area contributed by atoms with Crippen molar-refractivity contribution in [1.82, 2.24) is 30.0 Å². The van der Waals surface area contributed by atoms with Gasteiger partial charge >= 0.3 is 6.09 Å². The average molecular weight is 573 g/mol. The van der Waals surface area contributed by atoms with Gasteiger partial charge in [0.15, 0.2) is 5.82 Å². The summed E-state index contributed by atoms with van der Waals surface area (Å²) in [4.78, 5) is 40.2. The third-order valence-corrected chi connectivity index (χ3v) is 8.41. The van der Waals surface area contributed by atoms with Crippen molar-refractivity contribution in [3.63, 3.8) is 0 Å². The lowest BCUT2D eigenvalue weighted by atomic mass is 10.1. The first-order valence-corrected chi connectivity index (χ1v) is 15.1. The quantitative estimate of drug-likeness (QED) is 0.427. The highest BCUT2D eigenvalue weighted by Gasteiger charge is 2.35. The second kappa shape index (κ2) is 11.0. The minimum Gasteiger partial charge on any atom is -0.444 e. The smallest absolute Gasteiger partial charge is 0.407 e. The topological polar surface area (TPSA) is 118 Å². The largest absolute Gasteiger partial charge is 0.444 e. The van der Waals surface area contributed by atoms with Gasteiger partial charge in [-0.2, -0.15) is 0 Å². The van der Waals surface area contributed by atoms with Gasteiger partial charge in [0.25, 0.3) is 5.91 Å². The number of anilines is 2. The number of nitrogens with zero attached hydrogens (tertiary/aromatic N) is 7. The first-order chi connectivity index (χ1) is 20.1. The Hall–Kier alpha value is -4.02. The highest BCUT2D eigenvalue weighted by molar-refractivity contribution is 6.10. The lowest BCUT2D eigenvalue weighted by molar-refractivity contribution is 0.0528. The summed E-state index contributed by atoms with van der Waals surface area (Å²) in [5, 5.41) is 11.7. The number of carbonyl (C=O) groups is 2. The molecule has 42 heavy (non-hydrogen) atoms. The number of aryl methyl sites for hydroxylation is 1. The summed E-state index contributed by atoms with van der Waals surface area (Å²) >= 11 is 0. The molecule has 6 heterocycles. The molecule has 11 heteroatoms. The van der Waals surface area contributed by atoms with Crippen molar-refractivity contribution < 1.29 is 14.3 Å². The average Bonchev–Trinajstić information content (AvgIpc) is 3.72. The van der Waals surface area contributed by atoms with E-state index < -0.39 is 11.7 Å². The zero-order valence-electron chi connectivity index (χ0n) is 25.2. The minimum absolute atomic E-state index is 0.0931. The first kappa shape index (κ1) is 28.1. The van der Waals surface area contributed by atoms with Gasteiger partial charge in [-0.3, -0.25) is 9.69 Å². The normalized spacial score (nSPS) is 19.8. The molecule has 2 amide bonds. The number of pyridine rings is 2. The molecule has 0 bridgehead atoms. The van der Waals surface area contributed by atoms with E-state index in [9.17, 15) is 9.59 Å². The second-order valence-electron chi connectivity index (χ2n) is 12.5. The van der Waals surface area contributed by atoms with Gasteiger partial charge < -0.3 is 19.5 Å². The van der Waals surface area contributed by atoms with E-state index in [1.165, 1.54) is 0 Å². The van der Waals surface area contributed by atoms with E-state index in [4.69, 9.17) is 14.7 Å². The predicted octanol–water partition coefficient (Wildman–Crippen LogP) is 4.85. The fourth-order valence-corrected chi connectivity index (χ4v) is 6.32. The molecule has 0 radical (unpaired) electrons. The van der Waals surface area contributed by atoms with Gasteiger partial charge in [-0.05, 0) is 71.6 Å². The van der Waals surface area contributed by atoms with E-state index in [1.54, 1.807) is 4.90 Å². The molecule has 6 rings (SSSR count). The van der Waals surface area contributed by atoms with Gasteiger partial charge in [0.1, 0.15) is 28.8 Å². The molecule has 3 aromatic heterocycles. The van der Waals surface area contributed by atoms with Crippen LogP contribution in [0.2, 0.25) is 0 Å². The van der Waals surface area contributed by atoms with Crippen molar-refractivity contribution in [2.75, 3.05) is 22.9 Å². The van der Waals surface area contributed by atoms with Crippen molar-refractivity contribution in [3.8, 4) is 11.5 Å². The molecule has 0 aromatic carbocycles. The molecule has 2 atom stereocenters. The SMILES string of the molecule is CC[C@H]1CCc2nnc(-c3cccc(N4Cc5c(cc(N6CCC[C@H]6C)nc5CCNC(=O)OC(C)(C)C)C4=O)n3)n21. The third kappa shape index (κ3) is 5.32. The standard InChI is InChI=1S/C31H40N8O3/c1-6-20-12-13-26-35-36-28(39(20)26)24-10-7-11-25(34-24)38-18-22-21(29(38)40)17-27(37-16-8-9-19(37)2)33-23(22)14-15-32-30(41)42-31(3,4)5/h7,10-11,17,19-20H,6,8-9,12-16,18H2,1-5H3,(H,32,41)/t19-,20+/m1/s1. The summed E-state index contributed by atoms with van der Waals surface area (Å²) in [6, 6.07) is 8.38. The molecule has 0 aliphatic carbocycles. The first-order valence-electron chi connectivity index (χ1n) is 15.1. The molecule has 3 aliphatic heterocycles. The fraction of sp³-hybridized carbons (Fsp3) is 0.548. The number of fused-ring (bicyclic) bond motifs is 2. The van der Waals surface area contributed by atoms with Crippen molar-refractivity contribution in [2.45, 2.75) is 97.4 Å². The number of carbonyl (C=O) groups excluding carboxylic acids is 2. The van der Waals surface area contributed by atoms with Gasteiger partial charge in [-0.1, -0.05) is 13.0 Å². The van der Waals surface area contributed by atoms with Crippen molar-refractivity contribution in [2.24, 2.45) is 0 Å². The molecular formula is C31H40N8O3. The van der Waals surface area contributed by atoms with Crippen LogP contribution in [0.25, 0.3) is 11.5 Å². The monoisotopic (exact) mass is 572 g/mol. The maximum Gasteiger partial charge on any atom is 0.407 e. The Morgan fingerprint density at radius 3 is 2.71 bits per heavy atom. The van der Waals surface area contributed by atoms with Gasteiger partial charge in [0.05, 0.1) is 17.8 Å². The van der Waals surface area contributed by atoms with Crippen LogP contribution in [0.5, 0.6) is 0 Å². The second-order valence-corrected chi connectivity index (χ2v) is 12.5. The summed E-state index contributed by atoms with van der Waals surface area (Å²) in [7, 11) is 0. The van der Waals surface area contributed by atoms with Crippen LogP contribution in [0.4, 0.5) is 16.4 Å². The number of alkyl carbamates (subject to hydrolysis) is 1. The van der Waals surface area contributed by atoms with Crippen LogP contribution in [0.15, 0.2) is 24.3 Å². The maximum atomic E-state index is 13.9. The number of aromatic nitrogens is 5. The lowest BCUT2D eigenvalue weighted by Gasteiger charge is -2.24. The van der Waals surface area contributed by atoms with E-state index in [0.717, 1.165) is 67.4 Å². The van der Waals surface area contributed by atoms with E-state index >= 15 is 0 Å². The summed E-state index contributed by atoms with van der Waals surface area (Å²) in [5.41, 5.74) is 2.47. The summed E-state index contributed by atoms with van der Waals surface area (Å²) in [5.74, 6) is 3.04. The molecule has 0 saturated carbocycles. The Labute approximate surface area is 246 Å². The molecule has 3 aromatic rings. The molecule has 1 N–H and O–H groups in total. The fourth-order valence-electron chi connectivity index (χ4n) is 6.32. The van der Waals surface area contributed by atoms with Crippen LogP contribution >= 0.6 is 0 Å². The number of rotatable bonds is 7. The number of hydrogen-bond acceptors (Lipinski definition) is 8. The van der Waals surface area contributed by atoms with Crippen LogP contribution < -0.4 is 15.1 Å².